The van der Waals surface area contributed by atoms with Crippen LogP contribution < -0.4 is 4.90 Å². The van der Waals surface area contributed by atoms with Crippen LogP contribution in [0.4, 0.5) is 5.82 Å². The lowest BCUT2D eigenvalue weighted by molar-refractivity contribution is 0.283. The molecule has 1 saturated heterocycles. The lowest BCUT2D eigenvalue weighted by Crippen LogP contribution is -2.46. The summed E-state index contributed by atoms with van der Waals surface area (Å²) in [6.45, 7) is 6.81. The van der Waals surface area contributed by atoms with Crippen LogP contribution in [0.15, 0.2) is 59.3 Å². The van der Waals surface area contributed by atoms with Gasteiger partial charge in [0.15, 0.2) is 5.82 Å². The van der Waals surface area contributed by atoms with Gasteiger partial charge in [-0.15, -0.1) is 0 Å². The molecule has 0 aliphatic carbocycles. The molecule has 4 rings (SSSR count). The topological polar surface area (TPSA) is 58.3 Å². The van der Waals surface area contributed by atoms with Crippen molar-refractivity contribution < 1.29 is 4.52 Å². The second-order valence-electron chi connectivity index (χ2n) is 6.65. The van der Waals surface area contributed by atoms with Crippen LogP contribution in [-0.2, 0) is 0 Å². The number of nitrogens with zero attached hydrogens (tertiary/aromatic N) is 5. The third-order valence-electron chi connectivity index (χ3n) is 4.69. The summed E-state index contributed by atoms with van der Waals surface area (Å²) in [5.74, 6) is 2.14. The third kappa shape index (κ3) is 4.41. The summed E-state index contributed by atoms with van der Waals surface area (Å²) in [4.78, 5) is 13.6. The highest BCUT2D eigenvalue weighted by molar-refractivity contribution is 5.54. The number of anilines is 1. The zero-order valence-electron chi connectivity index (χ0n) is 15.5. The quantitative estimate of drug-likeness (QED) is 0.695. The van der Waals surface area contributed by atoms with E-state index in [0.29, 0.717) is 11.7 Å². The molecule has 27 heavy (non-hydrogen) atoms. The molecule has 6 heteroatoms. The van der Waals surface area contributed by atoms with Gasteiger partial charge in [0.05, 0.1) is 5.56 Å². The Hall–Kier alpha value is -2.99. The van der Waals surface area contributed by atoms with Gasteiger partial charge in [0.25, 0.3) is 5.89 Å². The number of hydrogen-bond acceptors (Lipinski definition) is 6. The first-order valence-corrected chi connectivity index (χ1v) is 9.23. The van der Waals surface area contributed by atoms with E-state index in [0.717, 1.165) is 44.1 Å². The summed E-state index contributed by atoms with van der Waals surface area (Å²) >= 11 is 0. The first kappa shape index (κ1) is 17.4. The van der Waals surface area contributed by atoms with Gasteiger partial charge in [-0.3, -0.25) is 4.90 Å². The molecule has 3 aromatic rings. The number of hydrogen-bond donors (Lipinski definition) is 0. The third-order valence-corrected chi connectivity index (χ3v) is 4.69. The van der Waals surface area contributed by atoms with E-state index in [1.807, 2.05) is 25.1 Å². The average Bonchev–Trinajstić information content (AvgIpc) is 3.16. The SMILES string of the molecule is Cc1noc(-c2ccc(N3CCN(CC=Cc4ccccc4)CC3)nc2)n1. The molecule has 1 aliphatic heterocycles. The number of piperazine rings is 1. The van der Waals surface area contributed by atoms with E-state index in [-0.39, 0.29) is 0 Å². The molecule has 1 aliphatic rings. The molecule has 6 nitrogen and oxygen atoms in total. The molecule has 0 radical (unpaired) electrons. The van der Waals surface area contributed by atoms with Crippen LogP contribution in [0.25, 0.3) is 17.5 Å². The first-order chi connectivity index (χ1) is 13.3. The summed E-state index contributed by atoms with van der Waals surface area (Å²) in [6.07, 6.45) is 6.23. The molecule has 0 bridgehead atoms. The highest BCUT2D eigenvalue weighted by Gasteiger charge is 2.17. The Kier molecular flexibility index (Phi) is 5.25. The Morgan fingerprint density at radius 2 is 1.85 bits per heavy atom. The van der Waals surface area contributed by atoms with E-state index >= 15 is 0 Å². The van der Waals surface area contributed by atoms with Crippen molar-refractivity contribution in [1.82, 2.24) is 20.0 Å². The zero-order valence-corrected chi connectivity index (χ0v) is 15.5. The van der Waals surface area contributed by atoms with Gasteiger partial charge in [0.2, 0.25) is 0 Å². The van der Waals surface area contributed by atoms with E-state index in [9.17, 15) is 0 Å². The average molecular weight is 361 g/mol. The van der Waals surface area contributed by atoms with Gasteiger partial charge in [-0.2, -0.15) is 4.98 Å². The van der Waals surface area contributed by atoms with Gasteiger partial charge >= 0.3 is 0 Å². The second-order valence-corrected chi connectivity index (χ2v) is 6.65. The highest BCUT2D eigenvalue weighted by Crippen LogP contribution is 2.20. The Labute approximate surface area is 159 Å². The molecule has 0 amide bonds. The van der Waals surface area contributed by atoms with Crippen LogP contribution in [0.5, 0.6) is 0 Å². The van der Waals surface area contributed by atoms with E-state index in [1.54, 1.807) is 6.20 Å². The monoisotopic (exact) mass is 361 g/mol. The molecule has 0 spiro atoms. The molecule has 0 atom stereocenters. The molecule has 138 valence electrons. The van der Waals surface area contributed by atoms with Crippen molar-refractivity contribution in [1.29, 1.82) is 0 Å². The Balaban J connectivity index is 1.29. The van der Waals surface area contributed by atoms with Crippen molar-refractivity contribution >= 4 is 11.9 Å². The van der Waals surface area contributed by atoms with Gasteiger partial charge in [-0.1, -0.05) is 47.6 Å². The maximum Gasteiger partial charge on any atom is 0.259 e. The van der Waals surface area contributed by atoms with Gasteiger partial charge in [0.1, 0.15) is 5.82 Å². The minimum Gasteiger partial charge on any atom is -0.354 e. The van der Waals surface area contributed by atoms with Crippen LogP contribution in [0.2, 0.25) is 0 Å². The summed E-state index contributed by atoms with van der Waals surface area (Å²) in [5.41, 5.74) is 2.10. The predicted molar refractivity (Wildman–Crippen MR) is 106 cm³/mol. The number of rotatable bonds is 5. The molecular formula is C21H23N5O. The molecule has 0 saturated carbocycles. The fourth-order valence-electron chi connectivity index (χ4n) is 3.18. The first-order valence-electron chi connectivity index (χ1n) is 9.23. The van der Waals surface area contributed by atoms with E-state index in [2.05, 4.69) is 61.3 Å². The Morgan fingerprint density at radius 3 is 2.52 bits per heavy atom. The molecular weight excluding hydrogens is 338 g/mol. The lowest BCUT2D eigenvalue weighted by Gasteiger charge is -2.34. The number of benzene rings is 1. The van der Waals surface area contributed by atoms with Gasteiger partial charge in [-0.25, -0.2) is 4.98 Å². The normalized spacial score (nSPS) is 15.5. The second kappa shape index (κ2) is 8.14. The number of aryl methyl sites for hydroxylation is 1. The van der Waals surface area contributed by atoms with Gasteiger partial charge in [0, 0.05) is 38.9 Å². The van der Waals surface area contributed by atoms with Crippen molar-refractivity contribution in [2.75, 3.05) is 37.6 Å². The van der Waals surface area contributed by atoms with Crippen molar-refractivity contribution in [3.8, 4) is 11.5 Å². The standard InChI is InChI=1S/C21H23N5O/c1-17-23-21(27-24-17)19-9-10-20(22-16-19)26-14-12-25(13-15-26)11-5-8-18-6-3-2-4-7-18/h2-10,16H,11-15H2,1H3. The van der Waals surface area contributed by atoms with Crippen LogP contribution in [0.1, 0.15) is 11.4 Å². The van der Waals surface area contributed by atoms with Crippen LogP contribution in [0.3, 0.4) is 0 Å². The lowest BCUT2D eigenvalue weighted by atomic mass is 10.2. The van der Waals surface area contributed by atoms with Crippen molar-refractivity contribution in [2.45, 2.75) is 6.92 Å². The van der Waals surface area contributed by atoms with Crippen LogP contribution >= 0.6 is 0 Å². The molecule has 0 unspecified atom stereocenters. The van der Waals surface area contributed by atoms with Gasteiger partial charge in [-0.05, 0) is 24.6 Å². The Morgan fingerprint density at radius 1 is 1.04 bits per heavy atom. The molecule has 1 aromatic carbocycles. The van der Waals surface area contributed by atoms with E-state index < -0.39 is 0 Å². The zero-order chi connectivity index (χ0) is 18.5. The van der Waals surface area contributed by atoms with E-state index in [4.69, 9.17) is 4.52 Å². The minimum absolute atomic E-state index is 0.515. The summed E-state index contributed by atoms with van der Waals surface area (Å²) in [7, 11) is 0. The predicted octanol–water partition coefficient (Wildman–Crippen LogP) is 3.28. The summed E-state index contributed by atoms with van der Waals surface area (Å²) in [6, 6.07) is 14.4. The van der Waals surface area contributed by atoms with Gasteiger partial charge < -0.3 is 9.42 Å². The molecule has 3 heterocycles. The van der Waals surface area contributed by atoms with Crippen LogP contribution in [0, 0.1) is 6.92 Å². The van der Waals surface area contributed by atoms with Crippen molar-refractivity contribution in [2.24, 2.45) is 0 Å². The van der Waals surface area contributed by atoms with Crippen molar-refractivity contribution in [3.63, 3.8) is 0 Å². The van der Waals surface area contributed by atoms with E-state index in [1.165, 1.54) is 5.56 Å². The Bertz CT molecular complexity index is 880. The number of pyridine rings is 1. The highest BCUT2D eigenvalue weighted by atomic mass is 16.5. The minimum atomic E-state index is 0.515. The smallest absolute Gasteiger partial charge is 0.259 e. The fraction of sp³-hybridized carbons (Fsp3) is 0.286. The van der Waals surface area contributed by atoms with Crippen LogP contribution in [-0.4, -0.2) is 52.7 Å². The summed E-state index contributed by atoms with van der Waals surface area (Å²) < 4.78 is 5.19. The fourth-order valence-corrected chi connectivity index (χ4v) is 3.18. The maximum absolute atomic E-state index is 5.19. The molecule has 2 aromatic heterocycles. The largest absolute Gasteiger partial charge is 0.354 e. The molecule has 1 fully saturated rings. The maximum atomic E-state index is 5.19. The number of aromatic nitrogens is 3. The molecule has 0 N–H and O–H groups in total. The summed E-state index contributed by atoms with van der Waals surface area (Å²) in [5, 5.41) is 3.82. The van der Waals surface area contributed by atoms with Crippen molar-refractivity contribution in [3.05, 3.63) is 66.1 Å².